The number of hydrogen-bond acceptors (Lipinski definition) is 5. The summed E-state index contributed by atoms with van der Waals surface area (Å²) in [6, 6.07) is 11.2. The maximum absolute atomic E-state index is 9.19. The van der Waals surface area contributed by atoms with Gasteiger partial charge in [-0.1, -0.05) is 6.07 Å². The Morgan fingerprint density at radius 2 is 1.89 bits per heavy atom. The van der Waals surface area contributed by atoms with Crippen LogP contribution in [-0.2, 0) is 0 Å². The molecule has 1 aromatic heterocycles. The molecule has 0 aliphatic rings. The molecule has 5 nitrogen and oxygen atoms in total. The van der Waals surface area contributed by atoms with Crippen molar-refractivity contribution in [1.82, 2.24) is 10.2 Å². The second kappa shape index (κ2) is 5.16. The molecule has 0 unspecified atom stereocenters. The molecule has 0 saturated carbocycles. The van der Waals surface area contributed by atoms with Gasteiger partial charge in [-0.05, 0) is 37.6 Å². The molecule has 0 fully saturated rings. The fraction of sp³-hybridized carbons (Fsp3) is 0.143. The molecule has 92 valence electrons. The van der Waals surface area contributed by atoms with Crippen LogP contribution in [0.15, 0.2) is 24.3 Å². The number of rotatable bonds is 2. The fourth-order valence-corrected chi connectivity index (χ4v) is 1.64. The van der Waals surface area contributed by atoms with Crippen molar-refractivity contribution in [3.8, 4) is 12.1 Å². The first kappa shape index (κ1) is 12.5. The Morgan fingerprint density at radius 3 is 2.58 bits per heavy atom. The summed E-state index contributed by atoms with van der Waals surface area (Å²) in [4.78, 5) is 0. The van der Waals surface area contributed by atoms with E-state index in [2.05, 4.69) is 27.7 Å². The quantitative estimate of drug-likeness (QED) is 0.884. The van der Waals surface area contributed by atoms with E-state index in [-0.39, 0.29) is 0 Å². The SMILES string of the molecule is Cc1nnc(Nc2cccc(C#N)c2)c(C#N)c1C. The first-order valence-corrected chi connectivity index (χ1v) is 5.67. The number of hydrogen-bond donors (Lipinski definition) is 1. The topological polar surface area (TPSA) is 85.4 Å². The van der Waals surface area contributed by atoms with E-state index in [1.807, 2.05) is 13.8 Å². The molecule has 1 N–H and O–H groups in total. The molecule has 19 heavy (non-hydrogen) atoms. The van der Waals surface area contributed by atoms with Crippen molar-refractivity contribution in [2.45, 2.75) is 13.8 Å². The lowest BCUT2D eigenvalue weighted by Gasteiger charge is -2.09. The molecular formula is C14H11N5. The first-order chi connectivity index (χ1) is 9.15. The Morgan fingerprint density at radius 1 is 1.11 bits per heavy atom. The minimum atomic E-state index is 0.403. The van der Waals surface area contributed by atoms with Crippen molar-refractivity contribution in [2.24, 2.45) is 0 Å². The van der Waals surface area contributed by atoms with Gasteiger partial charge in [0.05, 0.1) is 17.3 Å². The highest BCUT2D eigenvalue weighted by Crippen LogP contribution is 2.21. The zero-order valence-corrected chi connectivity index (χ0v) is 10.6. The lowest BCUT2D eigenvalue weighted by atomic mass is 10.1. The molecule has 0 saturated heterocycles. The fourth-order valence-electron chi connectivity index (χ4n) is 1.64. The lowest BCUT2D eigenvalue weighted by molar-refractivity contribution is 0.960. The predicted octanol–water partition coefficient (Wildman–Crippen LogP) is 2.58. The van der Waals surface area contributed by atoms with Crippen molar-refractivity contribution in [3.05, 3.63) is 46.6 Å². The second-order valence-electron chi connectivity index (χ2n) is 4.06. The number of anilines is 2. The van der Waals surface area contributed by atoms with Gasteiger partial charge in [-0.3, -0.25) is 0 Å². The van der Waals surface area contributed by atoms with Crippen LogP contribution in [0.3, 0.4) is 0 Å². The molecule has 0 aliphatic heterocycles. The van der Waals surface area contributed by atoms with Crippen molar-refractivity contribution >= 4 is 11.5 Å². The molecule has 1 aromatic carbocycles. The van der Waals surface area contributed by atoms with Crippen molar-refractivity contribution in [2.75, 3.05) is 5.32 Å². The van der Waals surface area contributed by atoms with Crippen LogP contribution in [0, 0.1) is 36.5 Å². The maximum atomic E-state index is 9.19. The van der Waals surface area contributed by atoms with Crippen LogP contribution >= 0.6 is 0 Å². The standard InChI is InChI=1S/C14H11N5/c1-9-10(2)18-19-14(13(9)8-16)17-12-5-3-4-11(6-12)7-15/h3-6H,1-2H3,(H,17,19). The summed E-state index contributed by atoms with van der Waals surface area (Å²) in [6.45, 7) is 3.64. The largest absolute Gasteiger partial charge is 0.338 e. The Balaban J connectivity index is 2.42. The van der Waals surface area contributed by atoms with E-state index in [0.29, 0.717) is 22.6 Å². The Labute approximate surface area is 111 Å². The Bertz CT molecular complexity index is 707. The van der Waals surface area contributed by atoms with Gasteiger partial charge < -0.3 is 5.32 Å². The molecule has 0 aliphatic carbocycles. The zero-order chi connectivity index (χ0) is 13.8. The van der Waals surface area contributed by atoms with Crippen molar-refractivity contribution < 1.29 is 0 Å². The van der Waals surface area contributed by atoms with E-state index in [0.717, 1.165) is 11.3 Å². The molecule has 1 heterocycles. The number of aromatic nitrogens is 2. The lowest BCUT2D eigenvalue weighted by Crippen LogP contribution is -2.03. The number of aryl methyl sites for hydroxylation is 1. The highest BCUT2D eigenvalue weighted by Gasteiger charge is 2.10. The average Bonchev–Trinajstić information content (AvgIpc) is 2.43. The Hall–Kier alpha value is -2.92. The molecule has 0 radical (unpaired) electrons. The summed E-state index contributed by atoms with van der Waals surface area (Å²) in [7, 11) is 0. The normalized spacial score (nSPS) is 9.47. The smallest absolute Gasteiger partial charge is 0.171 e. The average molecular weight is 249 g/mol. The molecule has 2 aromatic rings. The van der Waals surface area contributed by atoms with E-state index in [1.54, 1.807) is 24.3 Å². The van der Waals surface area contributed by atoms with Gasteiger partial charge in [-0.15, -0.1) is 5.10 Å². The van der Waals surface area contributed by atoms with E-state index >= 15 is 0 Å². The third-order valence-corrected chi connectivity index (χ3v) is 2.82. The summed E-state index contributed by atoms with van der Waals surface area (Å²) in [5.74, 6) is 0.403. The van der Waals surface area contributed by atoms with Crippen molar-refractivity contribution in [1.29, 1.82) is 10.5 Å². The van der Waals surface area contributed by atoms with Gasteiger partial charge >= 0.3 is 0 Å². The molecular weight excluding hydrogens is 238 g/mol. The number of benzene rings is 1. The predicted molar refractivity (Wildman–Crippen MR) is 70.7 cm³/mol. The van der Waals surface area contributed by atoms with E-state index in [1.165, 1.54) is 0 Å². The van der Waals surface area contributed by atoms with E-state index in [9.17, 15) is 5.26 Å². The van der Waals surface area contributed by atoms with Gasteiger partial charge in [-0.2, -0.15) is 15.6 Å². The van der Waals surface area contributed by atoms with Crippen LogP contribution in [0.1, 0.15) is 22.4 Å². The highest BCUT2D eigenvalue weighted by atomic mass is 15.2. The second-order valence-corrected chi connectivity index (χ2v) is 4.06. The number of nitrogens with zero attached hydrogens (tertiary/aromatic N) is 4. The van der Waals surface area contributed by atoms with Gasteiger partial charge in [0.25, 0.3) is 0 Å². The van der Waals surface area contributed by atoms with Crippen LogP contribution in [-0.4, -0.2) is 10.2 Å². The number of nitrogens with one attached hydrogen (secondary N) is 1. The van der Waals surface area contributed by atoms with Crippen LogP contribution in [0.25, 0.3) is 0 Å². The van der Waals surface area contributed by atoms with Gasteiger partial charge in [0, 0.05) is 5.69 Å². The molecule has 0 atom stereocenters. The first-order valence-electron chi connectivity index (χ1n) is 5.67. The molecule has 0 spiro atoms. The van der Waals surface area contributed by atoms with E-state index in [4.69, 9.17) is 5.26 Å². The molecule has 0 amide bonds. The zero-order valence-electron chi connectivity index (χ0n) is 10.6. The molecule has 5 heteroatoms. The minimum Gasteiger partial charge on any atom is -0.338 e. The Kier molecular flexibility index (Phi) is 3.40. The van der Waals surface area contributed by atoms with Crippen molar-refractivity contribution in [3.63, 3.8) is 0 Å². The van der Waals surface area contributed by atoms with Crippen LogP contribution in [0.2, 0.25) is 0 Å². The molecule has 0 bridgehead atoms. The van der Waals surface area contributed by atoms with E-state index < -0.39 is 0 Å². The van der Waals surface area contributed by atoms with Crippen LogP contribution in [0.5, 0.6) is 0 Å². The summed E-state index contributed by atoms with van der Waals surface area (Å²) >= 11 is 0. The summed E-state index contributed by atoms with van der Waals surface area (Å²) < 4.78 is 0. The van der Waals surface area contributed by atoms with Gasteiger partial charge in [-0.25, -0.2) is 0 Å². The summed E-state index contributed by atoms with van der Waals surface area (Å²) in [5, 5.41) is 29.1. The highest BCUT2D eigenvalue weighted by molar-refractivity contribution is 5.65. The van der Waals surface area contributed by atoms with Gasteiger partial charge in [0.1, 0.15) is 11.6 Å². The summed E-state index contributed by atoms with van der Waals surface area (Å²) in [6.07, 6.45) is 0. The number of nitriles is 2. The monoisotopic (exact) mass is 249 g/mol. The third-order valence-electron chi connectivity index (χ3n) is 2.82. The van der Waals surface area contributed by atoms with Gasteiger partial charge in [0.2, 0.25) is 0 Å². The summed E-state index contributed by atoms with van der Waals surface area (Å²) in [5.41, 5.74) is 3.24. The molecule has 2 rings (SSSR count). The van der Waals surface area contributed by atoms with Crippen LogP contribution in [0.4, 0.5) is 11.5 Å². The third kappa shape index (κ3) is 2.51. The van der Waals surface area contributed by atoms with Crippen LogP contribution < -0.4 is 5.32 Å². The van der Waals surface area contributed by atoms with Gasteiger partial charge in [0.15, 0.2) is 5.82 Å². The minimum absolute atomic E-state index is 0.403. The maximum Gasteiger partial charge on any atom is 0.171 e.